The molecule has 1 amide bonds. The summed E-state index contributed by atoms with van der Waals surface area (Å²) in [6, 6.07) is 6.53. The third-order valence-electron chi connectivity index (χ3n) is 4.21. The molecule has 0 saturated carbocycles. The van der Waals surface area contributed by atoms with Gasteiger partial charge in [0, 0.05) is 18.4 Å². The molecule has 1 aromatic carbocycles. The van der Waals surface area contributed by atoms with Gasteiger partial charge in [-0.15, -0.1) is 0 Å². The molecular weight excluding hydrogens is 365 g/mol. The fourth-order valence-electron chi connectivity index (χ4n) is 3.01. The highest BCUT2D eigenvalue weighted by molar-refractivity contribution is 8.00. The molecule has 0 saturated heterocycles. The number of carbonyl (C=O) groups excluding carboxylic acids is 1. The van der Waals surface area contributed by atoms with Crippen molar-refractivity contribution in [3.63, 3.8) is 0 Å². The zero-order valence-electron chi connectivity index (χ0n) is 14.0. The Labute approximate surface area is 153 Å². The highest BCUT2D eigenvalue weighted by atomic mass is 32.2. The molecule has 3 rings (SSSR count). The van der Waals surface area contributed by atoms with Crippen LogP contribution in [0, 0.1) is 6.92 Å². The number of benzene rings is 1. The first-order valence-corrected chi connectivity index (χ1v) is 9.04. The number of amides is 1. The van der Waals surface area contributed by atoms with Gasteiger partial charge in [-0.2, -0.15) is 13.2 Å². The SMILES string of the molecule is Cc1cccc2c1N(C(=O)CSc1ncc(C(F)(F)F)cc1O)CCC2. The third-order valence-corrected chi connectivity index (χ3v) is 5.19. The first kappa shape index (κ1) is 18.6. The lowest BCUT2D eigenvalue weighted by Crippen LogP contribution is -2.37. The van der Waals surface area contributed by atoms with Gasteiger partial charge in [0.05, 0.1) is 11.3 Å². The summed E-state index contributed by atoms with van der Waals surface area (Å²) in [6.45, 7) is 2.55. The van der Waals surface area contributed by atoms with Gasteiger partial charge in [0.15, 0.2) is 0 Å². The smallest absolute Gasteiger partial charge is 0.418 e. The third kappa shape index (κ3) is 3.80. The van der Waals surface area contributed by atoms with E-state index in [0.717, 1.165) is 41.4 Å². The van der Waals surface area contributed by atoms with Crippen LogP contribution in [0.3, 0.4) is 0 Å². The van der Waals surface area contributed by atoms with E-state index in [9.17, 15) is 23.1 Å². The Morgan fingerprint density at radius 2 is 2.15 bits per heavy atom. The van der Waals surface area contributed by atoms with Crippen molar-refractivity contribution in [3.8, 4) is 5.75 Å². The Balaban J connectivity index is 1.73. The molecule has 8 heteroatoms. The number of alkyl halides is 3. The number of pyridine rings is 1. The maximum Gasteiger partial charge on any atom is 0.418 e. The minimum Gasteiger partial charge on any atom is -0.505 e. The predicted octanol–water partition coefficient (Wildman–Crippen LogP) is 4.19. The molecule has 0 fully saturated rings. The van der Waals surface area contributed by atoms with Gasteiger partial charge < -0.3 is 10.0 Å². The van der Waals surface area contributed by atoms with Crippen LogP contribution in [0.15, 0.2) is 35.5 Å². The van der Waals surface area contributed by atoms with Gasteiger partial charge in [-0.1, -0.05) is 30.0 Å². The van der Waals surface area contributed by atoms with Crippen LogP contribution < -0.4 is 4.90 Å². The molecule has 0 radical (unpaired) electrons. The van der Waals surface area contributed by atoms with Crippen molar-refractivity contribution in [1.82, 2.24) is 4.98 Å². The van der Waals surface area contributed by atoms with Crippen molar-refractivity contribution in [2.75, 3.05) is 17.2 Å². The molecule has 0 atom stereocenters. The van der Waals surface area contributed by atoms with Crippen molar-refractivity contribution in [3.05, 3.63) is 47.2 Å². The summed E-state index contributed by atoms with van der Waals surface area (Å²) in [5, 5.41) is 9.78. The van der Waals surface area contributed by atoms with E-state index in [1.54, 1.807) is 4.90 Å². The van der Waals surface area contributed by atoms with Gasteiger partial charge in [0.25, 0.3) is 0 Å². The van der Waals surface area contributed by atoms with Crippen molar-refractivity contribution in [2.45, 2.75) is 31.0 Å². The van der Waals surface area contributed by atoms with Gasteiger partial charge >= 0.3 is 6.18 Å². The molecule has 0 bridgehead atoms. The van der Waals surface area contributed by atoms with Crippen molar-refractivity contribution >= 4 is 23.4 Å². The lowest BCUT2D eigenvalue weighted by atomic mass is 9.98. The maximum absolute atomic E-state index is 12.6. The molecule has 0 aliphatic carbocycles. The van der Waals surface area contributed by atoms with Gasteiger partial charge in [0.1, 0.15) is 10.8 Å². The van der Waals surface area contributed by atoms with Crippen LogP contribution in [0.25, 0.3) is 0 Å². The Morgan fingerprint density at radius 3 is 2.85 bits per heavy atom. The van der Waals surface area contributed by atoms with Crippen LogP contribution >= 0.6 is 11.8 Å². The van der Waals surface area contributed by atoms with Crippen LogP contribution in [-0.2, 0) is 17.4 Å². The molecule has 4 nitrogen and oxygen atoms in total. The van der Waals surface area contributed by atoms with E-state index in [4.69, 9.17) is 0 Å². The number of hydrogen-bond donors (Lipinski definition) is 1. The van der Waals surface area contributed by atoms with E-state index in [-0.39, 0.29) is 16.7 Å². The number of fused-ring (bicyclic) bond motifs is 1. The molecule has 0 unspecified atom stereocenters. The minimum absolute atomic E-state index is 0.00775. The van der Waals surface area contributed by atoms with Gasteiger partial charge in [-0.25, -0.2) is 4.98 Å². The fraction of sp³-hybridized carbons (Fsp3) is 0.333. The summed E-state index contributed by atoms with van der Waals surface area (Å²) in [4.78, 5) is 18.0. The summed E-state index contributed by atoms with van der Waals surface area (Å²) < 4.78 is 37.8. The van der Waals surface area contributed by atoms with E-state index in [0.29, 0.717) is 18.8 Å². The number of para-hydroxylation sites is 1. The van der Waals surface area contributed by atoms with E-state index >= 15 is 0 Å². The monoisotopic (exact) mass is 382 g/mol. The lowest BCUT2D eigenvalue weighted by Gasteiger charge is -2.31. The predicted molar refractivity (Wildman–Crippen MR) is 93.5 cm³/mol. The summed E-state index contributed by atoms with van der Waals surface area (Å²) in [7, 11) is 0. The number of anilines is 1. The van der Waals surface area contributed by atoms with Crippen LogP contribution in [-0.4, -0.2) is 28.3 Å². The number of halogens is 3. The Kier molecular flexibility index (Phi) is 5.13. The average molecular weight is 382 g/mol. The van der Waals surface area contributed by atoms with Crippen molar-refractivity contribution in [1.29, 1.82) is 0 Å². The summed E-state index contributed by atoms with van der Waals surface area (Å²) in [5.74, 6) is -0.751. The second-order valence-corrected chi connectivity index (χ2v) is 7.03. The number of carbonyl (C=O) groups is 1. The second-order valence-electron chi connectivity index (χ2n) is 6.07. The molecule has 1 N–H and O–H groups in total. The Hall–Kier alpha value is -2.22. The quantitative estimate of drug-likeness (QED) is 0.809. The first-order valence-electron chi connectivity index (χ1n) is 8.05. The normalized spacial score (nSPS) is 14.2. The van der Waals surface area contributed by atoms with E-state index in [1.807, 2.05) is 25.1 Å². The number of aromatic hydroxyl groups is 1. The molecule has 2 heterocycles. The Morgan fingerprint density at radius 1 is 1.38 bits per heavy atom. The van der Waals surface area contributed by atoms with Crippen LogP contribution in [0.4, 0.5) is 18.9 Å². The molecule has 138 valence electrons. The molecule has 1 aliphatic rings. The van der Waals surface area contributed by atoms with E-state index in [2.05, 4.69) is 4.98 Å². The zero-order valence-corrected chi connectivity index (χ0v) is 14.8. The number of aromatic nitrogens is 1. The van der Waals surface area contributed by atoms with E-state index < -0.39 is 17.5 Å². The topological polar surface area (TPSA) is 53.4 Å². The second kappa shape index (κ2) is 7.19. The molecule has 0 spiro atoms. The Bertz CT molecular complexity index is 840. The molecule has 1 aromatic heterocycles. The molecule has 1 aliphatic heterocycles. The van der Waals surface area contributed by atoms with Crippen molar-refractivity contribution in [2.24, 2.45) is 0 Å². The number of nitrogens with zero attached hydrogens (tertiary/aromatic N) is 2. The molecular formula is C18H17F3N2O2S. The number of hydrogen-bond acceptors (Lipinski definition) is 4. The fourth-order valence-corrected chi connectivity index (χ4v) is 3.76. The first-order chi connectivity index (χ1) is 12.3. The highest BCUT2D eigenvalue weighted by Crippen LogP contribution is 2.35. The maximum atomic E-state index is 12.6. The summed E-state index contributed by atoms with van der Waals surface area (Å²) >= 11 is 0.929. The standard InChI is InChI=1S/C18H17F3N2O2S/c1-11-4-2-5-12-6-3-7-23(16(11)12)15(25)10-26-17-14(24)8-13(9-22-17)18(19,20)21/h2,4-5,8-9,24H,3,6-7,10H2,1H3. The molecule has 26 heavy (non-hydrogen) atoms. The van der Waals surface area contributed by atoms with Crippen LogP contribution in [0.2, 0.25) is 0 Å². The number of aryl methyl sites for hydroxylation is 2. The number of rotatable bonds is 3. The highest BCUT2D eigenvalue weighted by Gasteiger charge is 2.32. The van der Waals surface area contributed by atoms with Gasteiger partial charge in [-0.05, 0) is 37.0 Å². The summed E-state index contributed by atoms with van der Waals surface area (Å²) in [5.41, 5.74) is 2.02. The van der Waals surface area contributed by atoms with Crippen LogP contribution in [0.1, 0.15) is 23.1 Å². The number of thioether (sulfide) groups is 1. The van der Waals surface area contributed by atoms with E-state index in [1.165, 1.54) is 0 Å². The van der Waals surface area contributed by atoms with Crippen LogP contribution in [0.5, 0.6) is 5.75 Å². The van der Waals surface area contributed by atoms with Gasteiger partial charge in [0.2, 0.25) is 5.91 Å². The zero-order chi connectivity index (χ0) is 18.9. The largest absolute Gasteiger partial charge is 0.505 e. The molecule has 2 aromatic rings. The lowest BCUT2D eigenvalue weighted by molar-refractivity contribution is -0.138. The van der Waals surface area contributed by atoms with Gasteiger partial charge in [-0.3, -0.25) is 4.79 Å². The summed E-state index contributed by atoms with van der Waals surface area (Å²) in [6.07, 6.45) is -2.14. The average Bonchev–Trinajstić information content (AvgIpc) is 2.59. The van der Waals surface area contributed by atoms with Crippen molar-refractivity contribution < 1.29 is 23.1 Å². The minimum atomic E-state index is -4.57.